The third kappa shape index (κ3) is 5.38. The predicted octanol–water partition coefficient (Wildman–Crippen LogP) is 0.637. The Bertz CT molecular complexity index is 424. The number of hydrogen-bond donors (Lipinski definition) is 2. The van der Waals surface area contributed by atoms with Gasteiger partial charge in [0, 0.05) is 12.1 Å². The molecule has 7 heteroatoms. The fourth-order valence-corrected chi connectivity index (χ4v) is 3.30. The van der Waals surface area contributed by atoms with E-state index in [1.54, 1.807) is 0 Å². The van der Waals surface area contributed by atoms with Gasteiger partial charge in [-0.1, -0.05) is 12.8 Å². The van der Waals surface area contributed by atoms with Crippen LogP contribution in [0.3, 0.4) is 0 Å². The van der Waals surface area contributed by atoms with Gasteiger partial charge in [0.2, 0.25) is 10.0 Å². The molecule has 6 nitrogen and oxygen atoms in total. The molecule has 0 amide bonds. The summed E-state index contributed by atoms with van der Waals surface area (Å²) in [6.07, 6.45) is 5.77. The maximum atomic E-state index is 11.8. The third-order valence-corrected chi connectivity index (χ3v) is 4.67. The van der Waals surface area contributed by atoms with Gasteiger partial charge in [-0.2, -0.15) is 0 Å². The van der Waals surface area contributed by atoms with Crippen molar-refractivity contribution < 1.29 is 17.9 Å². The minimum atomic E-state index is -3.12. The zero-order valence-electron chi connectivity index (χ0n) is 12.6. The quantitative estimate of drug-likeness (QED) is 0.532. The van der Waals surface area contributed by atoms with Crippen LogP contribution in [0, 0.1) is 5.92 Å². The summed E-state index contributed by atoms with van der Waals surface area (Å²) in [7, 11) is -1.70. The normalized spacial score (nSPS) is 27.2. The van der Waals surface area contributed by atoms with Gasteiger partial charge in [-0.25, -0.2) is 13.1 Å². The lowest BCUT2D eigenvalue weighted by Crippen LogP contribution is -2.54. The molecule has 2 N–H and O–H groups in total. The first-order chi connectivity index (χ1) is 9.28. The molecule has 0 spiro atoms. The zero-order chi connectivity index (χ0) is 15.2. The highest BCUT2D eigenvalue weighted by Crippen LogP contribution is 2.34. The molecule has 118 valence electrons. The summed E-state index contributed by atoms with van der Waals surface area (Å²) >= 11 is 0. The lowest BCUT2D eigenvalue weighted by molar-refractivity contribution is -0.149. The summed E-state index contributed by atoms with van der Waals surface area (Å²) in [6, 6.07) is 0. The van der Waals surface area contributed by atoms with Crippen LogP contribution < -0.4 is 10.0 Å². The number of carbonyl (C=O) groups is 1. The fourth-order valence-electron chi connectivity index (χ4n) is 2.79. The first-order valence-corrected chi connectivity index (χ1v) is 8.95. The van der Waals surface area contributed by atoms with E-state index in [-0.39, 0.29) is 17.4 Å². The monoisotopic (exact) mass is 306 g/mol. The molecule has 0 aromatic carbocycles. The summed E-state index contributed by atoms with van der Waals surface area (Å²) in [5, 5.41) is 3.41. The van der Waals surface area contributed by atoms with Gasteiger partial charge in [0.05, 0.1) is 19.3 Å². The Morgan fingerprint density at radius 2 is 2.05 bits per heavy atom. The molecular weight excluding hydrogens is 280 g/mol. The van der Waals surface area contributed by atoms with Crippen molar-refractivity contribution in [2.45, 2.75) is 44.6 Å². The van der Waals surface area contributed by atoms with Crippen LogP contribution in [0.2, 0.25) is 0 Å². The van der Waals surface area contributed by atoms with Crippen LogP contribution in [-0.2, 0) is 19.6 Å². The van der Waals surface area contributed by atoms with Crippen molar-refractivity contribution in [2.24, 2.45) is 5.92 Å². The summed E-state index contributed by atoms with van der Waals surface area (Å²) in [4.78, 5) is 11.8. The van der Waals surface area contributed by atoms with E-state index in [1.807, 2.05) is 0 Å². The van der Waals surface area contributed by atoms with Crippen LogP contribution in [-0.4, -0.2) is 46.4 Å². The van der Waals surface area contributed by atoms with E-state index in [4.69, 9.17) is 4.74 Å². The standard InChI is InChI=1S/C13H26N2O4S/c1-13(14-9-6-10-15-20(3,17)18)8-5-4-7-11(13)12(16)19-2/h11,14-15H,4-10H2,1-3H3/t11-,13+/m1/s1. The minimum Gasteiger partial charge on any atom is -0.469 e. The molecule has 0 aromatic rings. The van der Waals surface area contributed by atoms with Crippen molar-refractivity contribution in [3.8, 4) is 0 Å². The van der Waals surface area contributed by atoms with Crippen LogP contribution in [0.1, 0.15) is 39.0 Å². The van der Waals surface area contributed by atoms with Gasteiger partial charge >= 0.3 is 5.97 Å². The minimum absolute atomic E-state index is 0.121. The molecule has 1 saturated carbocycles. The molecule has 0 radical (unpaired) electrons. The average Bonchev–Trinajstić information content (AvgIpc) is 2.36. The van der Waals surface area contributed by atoms with Crippen molar-refractivity contribution in [3.05, 3.63) is 0 Å². The lowest BCUT2D eigenvalue weighted by Gasteiger charge is -2.40. The van der Waals surface area contributed by atoms with Gasteiger partial charge < -0.3 is 10.1 Å². The molecule has 2 atom stereocenters. The van der Waals surface area contributed by atoms with Crippen molar-refractivity contribution in [1.29, 1.82) is 0 Å². The van der Waals surface area contributed by atoms with E-state index >= 15 is 0 Å². The molecule has 1 rings (SSSR count). The van der Waals surface area contributed by atoms with Gasteiger partial charge in [-0.3, -0.25) is 4.79 Å². The highest BCUT2D eigenvalue weighted by molar-refractivity contribution is 7.88. The number of hydrogen-bond acceptors (Lipinski definition) is 5. The van der Waals surface area contributed by atoms with Crippen molar-refractivity contribution in [3.63, 3.8) is 0 Å². The van der Waals surface area contributed by atoms with Gasteiger partial charge in [0.15, 0.2) is 0 Å². The van der Waals surface area contributed by atoms with Crippen LogP contribution in [0.5, 0.6) is 0 Å². The van der Waals surface area contributed by atoms with Crippen LogP contribution in [0.25, 0.3) is 0 Å². The number of rotatable bonds is 7. The molecule has 0 aromatic heterocycles. The summed E-state index contributed by atoms with van der Waals surface area (Å²) in [5.74, 6) is -0.280. The number of carbonyl (C=O) groups excluding carboxylic acids is 1. The first kappa shape index (κ1) is 17.4. The zero-order valence-corrected chi connectivity index (χ0v) is 13.4. The highest BCUT2D eigenvalue weighted by atomic mass is 32.2. The van der Waals surface area contributed by atoms with Gasteiger partial charge in [0.25, 0.3) is 0 Å². The Morgan fingerprint density at radius 1 is 1.35 bits per heavy atom. The molecule has 1 aliphatic rings. The second-order valence-electron chi connectivity index (χ2n) is 5.69. The molecule has 0 heterocycles. The fraction of sp³-hybridized carbons (Fsp3) is 0.923. The molecule has 20 heavy (non-hydrogen) atoms. The van der Waals surface area contributed by atoms with Crippen molar-refractivity contribution >= 4 is 16.0 Å². The average molecular weight is 306 g/mol. The second kappa shape index (κ2) is 7.38. The number of sulfonamides is 1. The Hall–Kier alpha value is -0.660. The number of nitrogens with one attached hydrogen (secondary N) is 2. The smallest absolute Gasteiger partial charge is 0.310 e. The predicted molar refractivity (Wildman–Crippen MR) is 77.8 cm³/mol. The summed E-state index contributed by atoms with van der Waals surface area (Å²) in [6.45, 7) is 3.13. The lowest BCUT2D eigenvalue weighted by atomic mass is 9.74. The van der Waals surface area contributed by atoms with Crippen LogP contribution in [0.4, 0.5) is 0 Å². The van der Waals surface area contributed by atoms with E-state index in [9.17, 15) is 13.2 Å². The second-order valence-corrected chi connectivity index (χ2v) is 7.52. The number of ether oxygens (including phenoxy) is 1. The third-order valence-electron chi connectivity index (χ3n) is 3.94. The Balaban J connectivity index is 2.44. The summed E-state index contributed by atoms with van der Waals surface area (Å²) < 4.78 is 29.2. The highest BCUT2D eigenvalue weighted by Gasteiger charge is 2.41. The molecular formula is C13H26N2O4S. The number of esters is 1. The molecule has 0 saturated heterocycles. The topological polar surface area (TPSA) is 84.5 Å². The molecule has 0 aliphatic heterocycles. The van der Waals surface area contributed by atoms with Gasteiger partial charge in [-0.15, -0.1) is 0 Å². The maximum absolute atomic E-state index is 11.8. The van der Waals surface area contributed by atoms with E-state index in [0.717, 1.165) is 31.9 Å². The van der Waals surface area contributed by atoms with Crippen molar-refractivity contribution in [2.75, 3.05) is 26.5 Å². The van der Waals surface area contributed by atoms with E-state index in [0.29, 0.717) is 19.5 Å². The first-order valence-electron chi connectivity index (χ1n) is 7.06. The van der Waals surface area contributed by atoms with E-state index < -0.39 is 10.0 Å². The largest absolute Gasteiger partial charge is 0.469 e. The van der Waals surface area contributed by atoms with Gasteiger partial charge in [-0.05, 0) is 32.7 Å². The van der Waals surface area contributed by atoms with Crippen LogP contribution >= 0.6 is 0 Å². The van der Waals surface area contributed by atoms with Crippen LogP contribution in [0.15, 0.2) is 0 Å². The molecule has 1 aliphatic carbocycles. The Labute approximate surface area is 121 Å². The Morgan fingerprint density at radius 3 is 2.65 bits per heavy atom. The molecule has 1 fully saturated rings. The van der Waals surface area contributed by atoms with E-state index in [2.05, 4.69) is 17.0 Å². The summed E-state index contributed by atoms with van der Waals surface area (Å²) in [5.41, 5.74) is -0.254. The van der Waals surface area contributed by atoms with Crippen molar-refractivity contribution in [1.82, 2.24) is 10.0 Å². The van der Waals surface area contributed by atoms with E-state index in [1.165, 1.54) is 7.11 Å². The SMILES string of the molecule is COC(=O)[C@H]1CCCC[C@]1(C)NCCCNS(C)(=O)=O. The maximum Gasteiger partial charge on any atom is 0.310 e. The molecule has 0 bridgehead atoms. The molecule has 0 unspecified atom stereocenters. The van der Waals surface area contributed by atoms with Gasteiger partial charge in [0.1, 0.15) is 0 Å². The Kier molecular flexibility index (Phi) is 6.42. The number of methoxy groups -OCH3 is 1.